The molecule has 1 aliphatic rings. The number of fused-ring (bicyclic) bond motifs is 3. The molecule has 0 unspecified atom stereocenters. The van der Waals surface area contributed by atoms with Crippen LogP contribution in [0.3, 0.4) is 0 Å². The van der Waals surface area contributed by atoms with Gasteiger partial charge >= 0.3 is 0 Å². The molecule has 34 heavy (non-hydrogen) atoms. The summed E-state index contributed by atoms with van der Waals surface area (Å²) in [7, 11) is -3.71. The Morgan fingerprint density at radius 2 is 1.91 bits per heavy atom. The van der Waals surface area contributed by atoms with Crippen molar-refractivity contribution in [1.82, 2.24) is 5.32 Å². The van der Waals surface area contributed by atoms with Gasteiger partial charge in [-0.15, -0.1) is 0 Å². The fraction of sp³-hybridized carbons (Fsp3) is 0.346. The Hall–Kier alpha value is -3.10. The van der Waals surface area contributed by atoms with Gasteiger partial charge in [-0.05, 0) is 68.9 Å². The Kier molecular flexibility index (Phi) is 7.09. The van der Waals surface area contributed by atoms with Crippen molar-refractivity contribution < 1.29 is 22.4 Å². The highest BCUT2D eigenvalue weighted by Gasteiger charge is 2.20. The van der Waals surface area contributed by atoms with E-state index >= 15 is 0 Å². The number of rotatable bonds is 8. The van der Waals surface area contributed by atoms with Crippen molar-refractivity contribution in [2.24, 2.45) is 5.14 Å². The summed E-state index contributed by atoms with van der Waals surface area (Å²) in [5, 5.41) is 9.12. The van der Waals surface area contributed by atoms with E-state index < -0.39 is 10.0 Å². The third-order valence-corrected chi connectivity index (χ3v) is 7.02. The number of amides is 1. The summed E-state index contributed by atoms with van der Waals surface area (Å²) >= 11 is 0. The number of carbonyl (C=O) groups is 1. The number of sulfonamides is 1. The largest absolute Gasteiger partial charge is 0.493 e. The van der Waals surface area contributed by atoms with Crippen LogP contribution in [0.2, 0.25) is 0 Å². The third-order valence-electron chi connectivity index (χ3n) is 6.09. The van der Waals surface area contributed by atoms with Crippen LogP contribution in [0.15, 0.2) is 51.8 Å². The fourth-order valence-electron chi connectivity index (χ4n) is 4.37. The predicted molar refractivity (Wildman–Crippen MR) is 132 cm³/mol. The van der Waals surface area contributed by atoms with Crippen LogP contribution in [0.25, 0.3) is 16.5 Å². The van der Waals surface area contributed by atoms with Gasteiger partial charge in [0.15, 0.2) is 0 Å². The van der Waals surface area contributed by atoms with E-state index in [1.54, 1.807) is 18.2 Å². The lowest BCUT2D eigenvalue weighted by Gasteiger charge is -2.12. The van der Waals surface area contributed by atoms with Crippen molar-refractivity contribution >= 4 is 32.5 Å². The zero-order valence-electron chi connectivity index (χ0n) is 19.5. The number of benzene rings is 2. The maximum Gasteiger partial charge on any atom is 0.244 e. The van der Waals surface area contributed by atoms with Gasteiger partial charge in [-0.25, -0.2) is 13.6 Å². The van der Waals surface area contributed by atoms with Crippen molar-refractivity contribution in [3.63, 3.8) is 0 Å². The van der Waals surface area contributed by atoms with Gasteiger partial charge in [0.1, 0.15) is 17.1 Å². The Morgan fingerprint density at radius 1 is 1.18 bits per heavy atom. The van der Waals surface area contributed by atoms with E-state index in [9.17, 15) is 13.2 Å². The maximum absolute atomic E-state index is 12.6. The molecule has 4 rings (SSSR count). The van der Waals surface area contributed by atoms with Crippen LogP contribution in [-0.2, 0) is 34.1 Å². The molecule has 1 heterocycles. The van der Waals surface area contributed by atoms with Crippen molar-refractivity contribution in [3.8, 4) is 5.75 Å². The summed E-state index contributed by atoms with van der Waals surface area (Å²) in [4.78, 5) is 12.6. The molecule has 0 fully saturated rings. The summed E-state index contributed by atoms with van der Waals surface area (Å²) in [5.41, 5.74) is 4.71. The van der Waals surface area contributed by atoms with Crippen LogP contribution in [0.1, 0.15) is 49.1 Å². The van der Waals surface area contributed by atoms with Gasteiger partial charge in [-0.1, -0.05) is 12.1 Å². The lowest BCUT2D eigenvalue weighted by Crippen LogP contribution is -2.23. The highest BCUT2D eigenvalue weighted by molar-refractivity contribution is 7.89. The minimum Gasteiger partial charge on any atom is -0.493 e. The monoisotopic (exact) mass is 482 g/mol. The fourth-order valence-corrected chi connectivity index (χ4v) is 4.89. The number of aryl methyl sites for hydroxylation is 2. The smallest absolute Gasteiger partial charge is 0.244 e. The number of allylic oxidation sites excluding steroid dienone is 1. The van der Waals surface area contributed by atoms with E-state index in [2.05, 4.69) is 11.4 Å². The molecule has 3 N–H and O–H groups in total. The molecule has 0 atom stereocenters. The van der Waals surface area contributed by atoms with E-state index in [1.807, 2.05) is 19.9 Å². The van der Waals surface area contributed by atoms with Gasteiger partial charge in [0.25, 0.3) is 0 Å². The Morgan fingerprint density at radius 3 is 2.62 bits per heavy atom. The van der Waals surface area contributed by atoms with Gasteiger partial charge in [0.05, 0.1) is 11.5 Å². The predicted octanol–water partition coefficient (Wildman–Crippen LogP) is 4.12. The van der Waals surface area contributed by atoms with Crippen molar-refractivity contribution in [3.05, 3.63) is 64.9 Å². The molecule has 0 saturated carbocycles. The summed E-state index contributed by atoms with van der Waals surface area (Å²) in [6.07, 6.45) is 6.43. The maximum atomic E-state index is 12.6. The van der Waals surface area contributed by atoms with Crippen LogP contribution in [0.4, 0.5) is 0 Å². The molecule has 1 aliphatic carbocycles. The highest BCUT2D eigenvalue weighted by Crippen LogP contribution is 2.38. The van der Waals surface area contributed by atoms with Gasteiger partial charge in [0, 0.05) is 41.6 Å². The molecule has 7 nitrogen and oxygen atoms in total. The second-order valence-electron chi connectivity index (χ2n) is 8.55. The second kappa shape index (κ2) is 10.0. The van der Waals surface area contributed by atoms with E-state index in [1.165, 1.54) is 17.7 Å². The minimum absolute atomic E-state index is 0.0693. The number of hydrogen-bond acceptors (Lipinski definition) is 5. The molecule has 0 spiro atoms. The first-order valence-corrected chi connectivity index (χ1v) is 13.1. The van der Waals surface area contributed by atoms with E-state index in [0.29, 0.717) is 25.3 Å². The first kappa shape index (κ1) is 24.0. The molecular weight excluding hydrogens is 452 g/mol. The number of nitrogens with two attached hydrogens (primary N) is 1. The molecule has 180 valence electrons. The Bertz CT molecular complexity index is 1340. The van der Waals surface area contributed by atoms with Gasteiger partial charge in [0.2, 0.25) is 15.9 Å². The summed E-state index contributed by atoms with van der Waals surface area (Å²) in [6, 6.07) is 10.4. The molecule has 3 aromatic rings. The lowest BCUT2D eigenvalue weighted by atomic mass is 9.94. The minimum atomic E-state index is -3.71. The highest BCUT2D eigenvalue weighted by atomic mass is 32.2. The number of carbonyl (C=O) groups excluding carboxylic acids is 1. The second-order valence-corrected chi connectivity index (χ2v) is 10.1. The molecule has 0 saturated heterocycles. The average Bonchev–Trinajstić information content (AvgIpc) is 3.16. The molecular formula is C26H30N2O5S. The SMILES string of the molecule is CCOc1cc2oc3c(c2cc1/C(C)=C/C(=O)NCCc1ccc(S(N)(=O)=O)cc1)CCCC3. The number of ether oxygens (including phenoxy) is 1. The number of primary sulfonamides is 1. The summed E-state index contributed by atoms with van der Waals surface area (Å²) < 4.78 is 34.7. The normalized spacial score (nSPS) is 14.1. The molecule has 1 aromatic heterocycles. The van der Waals surface area contributed by atoms with Crippen LogP contribution in [0.5, 0.6) is 5.75 Å². The lowest BCUT2D eigenvalue weighted by molar-refractivity contribution is -0.116. The Balaban J connectivity index is 1.47. The van der Waals surface area contributed by atoms with Crippen LogP contribution >= 0.6 is 0 Å². The first-order valence-electron chi connectivity index (χ1n) is 11.6. The van der Waals surface area contributed by atoms with Crippen LogP contribution < -0.4 is 15.2 Å². The zero-order chi connectivity index (χ0) is 24.3. The quantitative estimate of drug-likeness (QED) is 0.469. The van der Waals surface area contributed by atoms with Gasteiger partial charge in [-0.3, -0.25) is 4.79 Å². The van der Waals surface area contributed by atoms with Gasteiger partial charge in [-0.2, -0.15) is 0 Å². The number of nitrogens with one attached hydrogen (secondary N) is 1. The summed E-state index contributed by atoms with van der Waals surface area (Å²) in [6.45, 7) is 4.77. The van der Waals surface area contributed by atoms with Crippen LogP contribution in [0, 0.1) is 0 Å². The molecule has 8 heteroatoms. The topological polar surface area (TPSA) is 112 Å². The van der Waals surface area contributed by atoms with E-state index in [0.717, 1.165) is 59.1 Å². The molecule has 2 aromatic carbocycles. The number of furan rings is 1. The van der Waals surface area contributed by atoms with Crippen LogP contribution in [-0.4, -0.2) is 27.5 Å². The standard InChI is InChI=1S/C26H30N2O5S/c1-3-32-24-16-25-22(20-6-4-5-7-23(20)33-25)15-21(24)17(2)14-26(29)28-13-12-18-8-10-19(11-9-18)34(27,30)31/h8-11,14-16H,3-7,12-13H2,1-2H3,(H,28,29)(H2,27,30,31)/b17-14+. The van der Waals surface area contributed by atoms with Gasteiger partial charge < -0.3 is 14.5 Å². The van der Waals surface area contributed by atoms with E-state index in [-0.39, 0.29) is 10.8 Å². The molecule has 0 bridgehead atoms. The molecule has 0 aliphatic heterocycles. The third kappa shape index (κ3) is 5.34. The number of hydrogen-bond donors (Lipinski definition) is 2. The van der Waals surface area contributed by atoms with E-state index in [4.69, 9.17) is 14.3 Å². The van der Waals surface area contributed by atoms with Crippen molar-refractivity contribution in [2.45, 2.75) is 50.8 Å². The summed E-state index contributed by atoms with van der Waals surface area (Å²) in [5.74, 6) is 1.57. The zero-order valence-corrected chi connectivity index (χ0v) is 20.3. The first-order chi connectivity index (χ1) is 16.3. The molecule has 0 radical (unpaired) electrons. The van der Waals surface area contributed by atoms with Crippen molar-refractivity contribution in [2.75, 3.05) is 13.2 Å². The Labute approximate surface area is 200 Å². The average molecular weight is 483 g/mol. The molecule has 1 amide bonds. The van der Waals surface area contributed by atoms with Crippen molar-refractivity contribution in [1.29, 1.82) is 0 Å².